The summed E-state index contributed by atoms with van der Waals surface area (Å²) in [4.78, 5) is 24.7. The van der Waals surface area contributed by atoms with Crippen molar-refractivity contribution < 1.29 is 14.0 Å². The van der Waals surface area contributed by atoms with E-state index in [0.717, 1.165) is 29.5 Å². The third-order valence-electron chi connectivity index (χ3n) is 5.00. The standard InChI is InChI=1S/C22H29FN6O2S/c1-15(2)13-28-19(25-26-22(28)32-3)5-4-12-24-21(31)18-10-11-20(30)29(27-18)14-16-6-8-17(23)9-7-16/h6-9,15H,4-5,10-14H2,1-3H3,(H,24,31). The minimum atomic E-state index is -0.339. The first-order valence-electron chi connectivity index (χ1n) is 10.7. The van der Waals surface area contributed by atoms with Gasteiger partial charge in [-0.1, -0.05) is 37.7 Å². The van der Waals surface area contributed by atoms with Gasteiger partial charge in [-0.3, -0.25) is 9.59 Å². The molecule has 0 saturated heterocycles. The quantitative estimate of drug-likeness (QED) is 0.435. The van der Waals surface area contributed by atoms with Gasteiger partial charge in [0.2, 0.25) is 5.91 Å². The zero-order chi connectivity index (χ0) is 23.1. The largest absolute Gasteiger partial charge is 0.351 e. The van der Waals surface area contributed by atoms with Gasteiger partial charge in [0.1, 0.15) is 17.4 Å². The van der Waals surface area contributed by atoms with E-state index in [-0.39, 0.29) is 30.6 Å². The average Bonchev–Trinajstić information content (AvgIpc) is 3.15. The molecule has 0 fully saturated rings. The second kappa shape index (κ2) is 11.2. The molecule has 32 heavy (non-hydrogen) atoms. The van der Waals surface area contributed by atoms with Gasteiger partial charge in [-0.15, -0.1) is 10.2 Å². The fourth-order valence-corrected chi connectivity index (χ4v) is 3.93. The fourth-order valence-electron chi connectivity index (χ4n) is 3.40. The number of aromatic nitrogens is 3. The van der Waals surface area contributed by atoms with Crippen molar-refractivity contribution in [2.45, 2.75) is 57.8 Å². The van der Waals surface area contributed by atoms with Crippen molar-refractivity contribution in [2.75, 3.05) is 12.8 Å². The molecule has 1 aromatic heterocycles. The molecule has 0 bridgehead atoms. The lowest BCUT2D eigenvalue weighted by atomic mass is 10.1. The molecule has 1 aliphatic heterocycles. The topological polar surface area (TPSA) is 92.5 Å². The Morgan fingerprint density at radius 2 is 1.97 bits per heavy atom. The van der Waals surface area contributed by atoms with Crippen molar-refractivity contribution in [3.63, 3.8) is 0 Å². The monoisotopic (exact) mass is 460 g/mol. The molecule has 0 spiro atoms. The number of benzene rings is 1. The van der Waals surface area contributed by atoms with Crippen LogP contribution in [0.25, 0.3) is 0 Å². The number of thioether (sulfide) groups is 1. The number of hydrazone groups is 1. The maximum absolute atomic E-state index is 13.1. The highest BCUT2D eigenvalue weighted by Crippen LogP contribution is 2.17. The van der Waals surface area contributed by atoms with Crippen LogP contribution in [0.15, 0.2) is 34.5 Å². The Hall–Kier alpha value is -2.75. The SMILES string of the molecule is CSc1nnc(CCCNC(=O)C2=NN(Cc3ccc(F)cc3)C(=O)CC2)n1CC(C)C. The molecule has 0 atom stereocenters. The van der Waals surface area contributed by atoms with Crippen molar-refractivity contribution in [1.82, 2.24) is 25.1 Å². The van der Waals surface area contributed by atoms with Crippen molar-refractivity contribution in [3.05, 3.63) is 41.5 Å². The van der Waals surface area contributed by atoms with Crippen molar-refractivity contribution >= 4 is 29.3 Å². The molecule has 2 amide bonds. The Kier molecular flexibility index (Phi) is 8.38. The number of rotatable bonds is 10. The smallest absolute Gasteiger partial charge is 0.267 e. The number of aryl methyl sites for hydroxylation is 1. The van der Waals surface area contributed by atoms with Gasteiger partial charge in [-0.05, 0) is 36.3 Å². The van der Waals surface area contributed by atoms with Crippen LogP contribution in [0.5, 0.6) is 0 Å². The molecule has 2 aromatic rings. The van der Waals surface area contributed by atoms with Gasteiger partial charge in [0.05, 0.1) is 6.54 Å². The van der Waals surface area contributed by atoms with E-state index in [1.165, 1.54) is 17.1 Å². The lowest BCUT2D eigenvalue weighted by Crippen LogP contribution is -2.39. The zero-order valence-corrected chi connectivity index (χ0v) is 19.5. The maximum Gasteiger partial charge on any atom is 0.267 e. The summed E-state index contributed by atoms with van der Waals surface area (Å²) >= 11 is 1.58. The number of hydrogen-bond acceptors (Lipinski definition) is 6. The number of amides is 2. The molecule has 8 nitrogen and oxygen atoms in total. The lowest BCUT2D eigenvalue weighted by molar-refractivity contribution is -0.132. The third-order valence-corrected chi connectivity index (χ3v) is 5.67. The Bertz CT molecular complexity index is 973. The molecular formula is C22H29FN6O2S. The van der Waals surface area contributed by atoms with Crippen LogP contribution < -0.4 is 5.32 Å². The highest BCUT2D eigenvalue weighted by atomic mass is 32.2. The zero-order valence-electron chi connectivity index (χ0n) is 18.7. The number of carbonyl (C=O) groups is 2. The van der Waals surface area contributed by atoms with Gasteiger partial charge in [0, 0.05) is 32.4 Å². The second-order valence-corrected chi connectivity index (χ2v) is 8.86. The van der Waals surface area contributed by atoms with Gasteiger partial charge >= 0.3 is 0 Å². The van der Waals surface area contributed by atoms with Gasteiger partial charge in [0.25, 0.3) is 5.91 Å². The first kappa shape index (κ1) is 23.9. The Labute approximate surface area is 191 Å². The van der Waals surface area contributed by atoms with E-state index in [1.807, 2.05) is 6.26 Å². The molecule has 10 heteroatoms. The molecule has 172 valence electrons. The van der Waals surface area contributed by atoms with Gasteiger partial charge < -0.3 is 9.88 Å². The normalized spacial score (nSPS) is 14.1. The van der Waals surface area contributed by atoms with E-state index in [0.29, 0.717) is 31.0 Å². The van der Waals surface area contributed by atoms with E-state index in [9.17, 15) is 14.0 Å². The van der Waals surface area contributed by atoms with Crippen LogP contribution in [0.4, 0.5) is 4.39 Å². The molecule has 1 N–H and O–H groups in total. The second-order valence-electron chi connectivity index (χ2n) is 8.09. The van der Waals surface area contributed by atoms with E-state index >= 15 is 0 Å². The summed E-state index contributed by atoms with van der Waals surface area (Å²) in [6, 6.07) is 5.89. The van der Waals surface area contributed by atoms with Crippen LogP contribution in [-0.2, 0) is 29.1 Å². The summed E-state index contributed by atoms with van der Waals surface area (Å²) in [6.45, 7) is 5.86. The van der Waals surface area contributed by atoms with Crippen LogP contribution in [-0.4, -0.2) is 50.1 Å². The predicted octanol–water partition coefficient (Wildman–Crippen LogP) is 3.02. The maximum atomic E-state index is 13.1. The van der Waals surface area contributed by atoms with Crippen LogP contribution in [0, 0.1) is 11.7 Å². The molecule has 3 rings (SSSR count). The van der Waals surface area contributed by atoms with Gasteiger partial charge in [0.15, 0.2) is 5.16 Å². The van der Waals surface area contributed by atoms with Crippen LogP contribution in [0.3, 0.4) is 0 Å². The van der Waals surface area contributed by atoms with E-state index in [4.69, 9.17) is 0 Å². The van der Waals surface area contributed by atoms with E-state index in [2.05, 4.69) is 39.0 Å². The number of hydrogen-bond donors (Lipinski definition) is 1. The molecule has 0 aliphatic carbocycles. The van der Waals surface area contributed by atoms with Crippen LogP contribution in [0.2, 0.25) is 0 Å². The first-order chi connectivity index (χ1) is 15.4. The number of carbonyl (C=O) groups excluding carboxylic acids is 2. The molecule has 0 saturated carbocycles. The average molecular weight is 461 g/mol. The molecular weight excluding hydrogens is 431 g/mol. The molecule has 1 aromatic carbocycles. The summed E-state index contributed by atoms with van der Waals surface area (Å²) in [5, 5.41) is 17.9. The van der Waals surface area contributed by atoms with E-state index < -0.39 is 0 Å². The predicted molar refractivity (Wildman–Crippen MR) is 122 cm³/mol. The van der Waals surface area contributed by atoms with Crippen molar-refractivity contribution in [1.29, 1.82) is 0 Å². The van der Waals surface area contributed by atoms with E-state index in [1.54, 1.807) is 23.9 Å². The minimum Gasteiger partial charge on any atom is -0.351 e. The molecule has 0 unspecified atom stereocenters. The Morgan fingerprint density at radius 1 is 1.22 bits per heavy atom. The lowest BCUT2D eigenvalue weighted by Gasteiger charge is -2.23. The third kappa shape index (κ3) is 6.38. The Balaban J connectivity index is 1.53. The number of halogens is 1. The van der Waals surface area contributed by atoms with Gasteiger partial charge in [-0.2, -0.15) is 5.10 Å². The Morgan fingerprint density at radius 3 is 2.66 bits per heavy atom. The van der Waals surface area contributed by atoms with Gasteiger partial charge in [-0.25, -0.2) is 9.40 Å². The molecule has 0 radical (unpaired) electrons. The van der Waals surface area contributed by atoms with Crippen LogP contribution in [0.1, 0.15) is 44.5 Å². The number of nitrogens with one attached hydrogen (secondary N) is 1. The summed E-state index contributed by atoms with van der Waals surface area (Å²) in [6.07, 6.45) is 3.96. The summed E-state index contributed by atoms with van der Waals surface area (Å²) in [5.74, 6) is 0.646. The summed E-state index contributed by atoms with van der Waals surface area (Å²) < 4.78 is 15.2. The highest BCUT2D eigenvalue weighted by molar-refractivity contribution is 7.98. The molecule has 2 heterocycles. The summed E-state index contributed by atoms with van der Waals surface area (Å²) in [5.41, 5.74) is 1.08. The first-order valence-corrected chi connectivity index (χ1v) is 12.0. The molecule has 1 aliphatic rings. The highest BCUT2D eigenvalue weighted by Gasteiger charge is 2.24. The van der Waals surface area contributed by atoms with Crippen molar-refractivity contribution in [2.24, 2.45) is 11.0 Å². The van der Waals surface area contributed by atoms with Crippen molar-refractivity contribution in [3.8, 4) is 0 Å². The fraction of sp³-hybridized carbons (Fsp3) is 0.500. The van der Waals surface area contributed by atoms with Crippen LogP contribution >= 0.6 is 11.8 Å². The minimum absolute atomic E-state index is 0.153. The number of nitrogens with zero attached hydrogens (tertiary/aromatic N) is 5. The summed E-state index contributed by atoms with van der Waals surface area (Å²) in [7, 11) is 0.